The molecule has 2 fully saturated rings. The fourth-order valence-electron chi connectivity index (χ4n) is 3.64. The zero-order chi connectivity index (χ0) is 14.1. The van der Waals surface area contributed by atoms with Crippen molar-refractivity contribution >= 4 is 28.5 Å². The van der Waals surface area contributed by atoms with E-state index < -0.39 is 0 Å². The zero-order valence-corrected chi connectivity index (χ0v) is 14.0. The third kappa shape index (κ3) is 2.86. The van der Waals surface area contributed by atoms with E-state index in [1.807, 2.05) is 24.3 Å². The molecule has 20 heavy (non-hydrogen) atoms. The van der Waals surface area contributed by atoms with Gasteiger partial charge in [-0.15, -0.1) is 0 Å². The highest BCUT2D eigenvalue weighted by molar-refractivity contribution is 14.1. The normalized spacial score (nSPS) is 28.4. The molecule has 0 saturated carbocycles. The Balaban J connectivity index is 1.77. The molecule has 2 aliphatic rings. The van der Waals surface area contributed by atoms with Crippen molar-refractivity contribution < 1.29 is 4.79 Å². The molecule has 0 aliphatic carbocycles. The largest absolute Gasteiger partial charge is 0.336 e. The van der Waals surface area contributed by atoms with Crippen LogP contribution in [0.1, 0.15) is 43.0 Å². The van der Waals surface area contributed by atoms with Crippen LogP contribution in [0, 0.1) is 3.57 Å². The third-order valence-corrected chi connectivity index (χ3v) is 5.23. The number of hydrogen-bond donors (Lipinski definition) is 1. The number of carbonyl (C=O) groups excluding carboxylic acids is 1. The van der Waals surface area contributed by atoms with Gasteiger partial charge in [0, 0.05) is 33.8 Å². The van der Waals surface area contributed by atoms with Gasteiger partial charge in [0.25, 0.3) is 5.91 Å². The smallest absolute Gasteiger partial charge is 0.254 e. The maximum Gasteiger partial charge on any atom is 0.254 e. The first kappa shape index (κ1) is 14.3. The quantitative estimate of drug-likeness (QED) is 0.813. The first-order valence-corrected chi connectivity index (χ1v) is 8.58. The van der Waals surface area contributed by atoms with Crippen LogP contribution in [0.2, 0.25) is 0 Å². The van der Waals surface area contributed by atoms with Crippen molar-refractivity contribution in [2.75, 3.05) is 6.54 Å². The van der Waals surface area contributed by atoms with Gasteiger partial charge in [-0.25, -0.2) is 0 Å². The summed E-state index contributed by atoms with van der Waals surface area (Å²) in [5, 5.41) is 3.65. The molecule has 1 amide bonds. The van der Waals surface area contributed by atoms with Crippen LogP contribution in [0.5, 0.6) is 0 Å². The van der Waals surface area contributed by atoms with Crippen LogP contribution in [0.25, 0.3) is 0 Å². The van der Waals surface area contributed by atoms with Gasteiger partial charge in [-0.2, -0.15) is 0 Å². The first-order valence-electron chi connectivity index (χ1n) is 7.50. The van der Waals surface area contributed by atoms with Gasteiger partial charge in [-0.3, -0.25) is 4.79 Å². The summed E-state index contributed by atoms with van der Waals surface area (Å²) in [7, 11) is 0. The Kier molecular flexibility index (Phi) is 4.31. The third-order valence-electron chi connectivity index (χ3n) is 4.56. The van der Waals surface area contributed by atoms with Crippen LogP contribution in [-0.2, 0) is 0 Å². The summed E-state index contributed by atoms with van der Waals surface area (Å²) in [4.78, 5) is 14.8. The number of carbonyl (C=O) groups is 1. The Morgan fingerprint density at radius 3 is 2.65 bits per heavy atom. The molecule has 0 spiro atoms. The van der Waals surface area contributed by atoms with Gasteiger partial charge in [-0.05, 0) is 73.4 Å². The number of fused-ring (bicyclic) bond motifs is 2. The average Bonchev–Trinajstić information content (AvgIpc) is 2.78. The number of rotatable bonds is 3. The Labute approximate surface area is 134 Å². The fraction of sp³-hybridized carbons (Fsp3) is 0.562. The van der Waals surface area contributed by atoms with E-state index in [2.05, 4.69) is 39.7 Å². The van der Waals surface area contributed by atoms with Crippen molar-refractivity contribution in [2.24, 2.45) is 0 Å². The van der Waals surface area contributed by atoms with Gasteiger partial charge in [0.1, 0.15) is 0 Å². The summed E-state index contributed by atoms with van der Waals surface area (Å²) < 4.78 is 1.12. The lowest BCUT2D eigenvalue weighted by molar-refractivity contribution is 0.0631. The van der Waals surface area contributed by atoms with Crippen LogP contribution in [0.15, 0.2) is 24.3 Å². The van der Waals surface area contributed by atoms with Crippen molar-refractivity contribution in [1.82, 2.24) is 10.2 Å². The van der Waals surface area contributed by atoms with E-state index in [1.165, 1.54) is 12.8 Å². The van der Waals surface area contributed by atoms with Crippen molar-refractivity contribution in [2.45, 2.75) is 50.7 Å². The molecule has 108 valence electrons. The minimum Gasteiger partial charge on any atom is -0.336 e. The van der Waals surface area contributed by atoms with Crippen LogP contribution in [0.3, 0.4) is 0 Å². The molecule has 3 nitrogen and oxygen atoms in total. The molecular weight excluding hydrogens is 363 g/mol. The molecule has 1 aromatic carbocycles. The predicted molar refractivity (Wildman–Crippen MR) is 88.8 cm³/mol. The lowest BCUT2D eigenvalue weighted by atomic mass is 9.97. The van der Waals surface area contributed by atoms with E-state index in [9.17, 15) is 4.79 Å². The van der Waals surface area contributed by atoms with E-state index >= 15 is 0 Å². The van der Waals surface area contributed by atoms with Gasteiger partial charge < -0.3 is 10.2 Å². The molecule has 4 heteroatoms. The molecule has 2 bridgehead atoms. The Bertz CT molecular complexity index is 493. The van der Waals surface area contributed by atoms with Crippen LogP contribution >= 0.6 is 22.6 Å². The van der Waals surface area contributed by atoms with E-state index in [1.54, 1.807) is 0 Å². The molecule has 2 heterocycles. The van der Waals surface area contributed by atoms with E-state index in [0.717, 1.165) is 28.5 Å². The minimum absolute atomic E-state index is 0.192. The molecule has 3 rings (SSSR count). The fourth-order valence-corrected chi connectivity index (χ4v) is 4.18. The van der Waals surface area contributed by atoms with Gasteiger partial charge in [0.15, 0.2) is 0 Å². The van der Waals surface area contributed by atoms with E-state index in [0.29, 0.717) is 18.1 Å². The molecule has 1 N–H and O–H groups in total. The number of nitrogens with zero attached hydrogens (tertiary/aromatic N) is 1. The summed E-state index contributed by atoms with van der Waals surface area (Å²) in [6, 6.07) is 9.56. The Morgan fingerprint density at radius 1 is 1.35 bits per heavy atom. The zero-order valence-electron chi connectivity index (χ0n) is 11.8. The summed E-state index contributed by atoms with van der Waals surface area (Å²) >= 11 is 2.26. The molecule has 0 aromatic heterocycles. The molecule has 2 unspecified atom stereocenters. The van der Waals surface area contributed by atoms with Gasteiger partial charge in [0.2, 0.25) is 0 Å². The predicted octanol–water partition coefficient (Wildman–Crippen LogP) is 3.04. The average molecular weight is 384 g/mol. The number of hydrogen-bond acceptors (Lipinski definition) is 2. The second-order valence-corrected chi connectivity index (χ2v) is 7.11. The number of amides is 1. The van der Waals surface area contributed by atoms with Gasteiger partial charge in [-0.1, -0.05) is 6.07 Å². The topological polar surface area (TPSA) is 32.3 Å². The monoisotopic (exact) mass is 384 g/mol. The molecule has 2 atom stereocenters. The molecule has 1 aromatic rings. The lowest BCUT2D eigenvalue weighted by Crippen LogP contribution is -2.50. The highest BCUT2D eigenvalue weighted by Crippen LogP contribution is 2.30. The summed E-state index contributed by atoms with van der Waals surface area (Å²) in [5.74, 6) is 0.192. The number of piperidine rings is 1. The second kappa shape index (κ2) is 6.02. The highest BCUT2D eigenvalue weighted by Gasteiger charge is 2.37. The molecule has 2 saturated heterocycles. The Hall–Kier alpha value is -0.620. The first-order chi connectivity index (χ1) is 9.67. The molecule has 2 aliphatic heterocycles. The van der Waals surface area contributed by atoms with Gasteiger partial charge >= 0.3 is 0 Å². The van der Waals surface area contributed by atoms with Crippen molar-refractivity contribution in [3.63, 3.8) is 0 Å². The summed E-state index contributed by atoms with van der Waals surface area (Å²) in [6.45, 7) is 2.89. The highest BCUT2D eigenvalue weighted by atomic mass is 127. The van der Waals surface area contributed by atoms with Crippen molar-refractivity contribution in [3.05, 3.63) is 33.4 Å². The number of halogens is 1. The van der Waals surface area contributed by atoms with Crippen LogP contribution in [0.4, 0.5) is 0 Å². The molecular formula is C16H21IN2O. The van der Waals surface area contributed by atoms with Crippen LogP contribution < -0.4 is 5.32 Å². The van der Waals surface area contributed by atoms with Gasteiger partial charge in [0.05, 0.1) is 0 Å². The summed E-state index contributed by atoms with van der Waals surface area (Å²) in [6.07, 6.45) is 4.77. The minimum atomic E-state index is 0.192. The lowest BCUT2D eigenvalue weighted by Gasteiger charge is -2.37. The van der Waals surface area contributed by atoms with E-state index in [4.69, 9.17) is 0 Å². The maximum atomic E-state index is 12.8. The van der Waals surface area contributed by atoms with Crippen LogP contribution in [-0.4, -0.2) is 35.5 Å². The number of nitrogens with one attached hydrogen (secondary N) is 1. The van der Waals surface area contributed by atoms with Crippen molar-refractivity contribution in [1.29, 1.82) is 0 Å². The van der Waals surface area contributed by atoms with E-state index in [-0.39, 0.29) is 5.91 Å². The standard InChI is InChI=1S/C16H21IN2O/c1-2-19(15-9-13-6-7-14(10-15)18-13)16(20)11-4-3-5-12(17)8-11/h3-5,8,13-15,18H,2,6-7,9-10H2,1H3. The second-order valence-electron chi connectivity index (χ2n) is 5.86. The SMILES string of the molecule is CCN(C(=O)c1cccc(I)c1)C1CC2CCC(C1)N2. The number of benzene rings is 1. The summed E-state index contributed by atoms with van der Waals surface area (Å²) in [5.41, 5.74) is 0.824. The molecule has 0 radical (unpaired) electrons. The van der Waals surface area contributed by atoms with Crippen molar-refractivity contribution in [3.8, 4) is 0 Å². The Morgan fingerprint density at radius 2 is 2.05 bits per heavy atom. The maximum absolute atomic E-state index is 12.8.